The molecule has 0 radical (unpaired) electrons. The molecule has 4 nitrogen and oxygen atoms in total. The Hall–Kier alpha value is -1.13. The van der Waals surface area contributed by atoms with Crippen LogP contribution in [-0.2, 0) is 22.5 Å². The smallest absolute Gasteiger partial charge is 0.253 e. The predicted molar refractivity (Wildman–Crippen MR) is 80.5 cm³/mol. The van der Waals surface area contributed by atoms with Crippen LogP contribution in [0.5, 0.6) is 0 Å². The molecule has 0 saturated heterocycles. The van der Waals surface area contributed by atoms with E-state index in [1.165, 1.54) is 0 Å². The maximum Gasteiger partial charge on any atom is 0.253 e. The first kappa shape index (κ1) is 16.9. The first-order chi connectivity index (χ1) is 9.47. The summed E-state index contributed by atoms with van der Waals surface area (Å²) in [6, 6.07) is 3.78. The fourth-order valence-corrected chi connectivity index (χ4v) is 2.26. The van der Waals surface area contributed by atoms with Gasteiger partial charge in [0.1, 0.15) is 0 Å². The van der Waals surface area contributed by atoms with Crippen molar-refractivity contribution in [2.45, 2.75) is 45.6 Å². The Morgan fingerprint density at radius 3 is 2.65 bits per heavy atom. The zero-order valence-corrected chi connectivity index (χ0v) is 13.1. The number of halogens is 1. The summed E-state index contributed by atoms with van der Waals surface area (Å²) >= 11 is 5.34. The largest absolute Gasteiger partial charge is 0.385 e. The number of aromatic nitrogens is 1. The van der Waals surface area contributed by atoms with E-state index in [2.05, 4.69) is 13.8 Å². The van der Waals surface area contributed by atoms with Crippen molar-refractivity contribution in [1.82, 2.24) is 4.57 Å². The van der Waals surface area contributed by atoms with Crippen molar-refractivity contribution in [2.75, 3.05) is 13.7 Å². The molecular weight excluding hydrogens is 278 g/mol. The van der Waals surface area contributed by atoms with E-state index >= 15 is 0 Å². The lowest BCUT2D eigenvalue weighted by Crippen LogP contribution is -2.28. The SMILES string of the molecule is COCCCn1c(C(C)C)ccc(CCC(=O)Cl)c1=O. The molecule has 0 fully saturated rings. The van der Waals surface area contributed by atoms with Gasteiger partial charge in [0.2, 0.25) is 5.24 Å². The molecule has 0 saturated carbocycles. The van der Waals surface area contributed by atoms with Gasteiger partial charge in [-0.05, 0) is 36.4 Å². The Labute approximate surface area is 124 Å². The van der Waals surface area contributed by atoms with Gasteiger partial charge in [0.25, 0.3) is 5.56 Å². The number of hydrogen-bond donors (Lipinski definition) is 0. The normalized spacial score (nSPS) is 11.1. The Balaban J connectivity index is 3.03. The number of methoxy groups -OCH3 is 1. The number of aryl methyl sites for hydroxylation is 1. The fraction of sp³-hybridized carbons (Fsp3) is 0.600. The highest BCUT2D eigenvalue weighted by Gasteiger charge is 2.12. The average Bonchev–Trinajstić information content (AvgIpc) is 2.38. The number of ether oxygens (including phenoxy) is 1. The summed E-state index contributed by atoms with van der Waals surface area (Å²) in [7, 11) is 1.65. The maximum absolute atomic E-state index is 12.5. The van der Waals surface area contributed by atoms with E-state index in [1.807, 2.05) is 12.1 Å². The highest BCUT2D eigenvalue weighted by molar-refractivity contribution is 6.63. The minimum absolute atomic E-state index is 0.0229. The van der Waals surface area contributed by atoms with Gasteiger partial charge in [0.05, 0.1) is 0 Å². The van der Waals surface area contributed by atoms with Crippen LogP contribution in [0.2, 0.25) is 0 Å². The van der Waals surface area contributed by atoms with Crippen molar-refractivity contribution < 1.29 is 9.53 Å². The summed E-state index contributed by atoms with van der Waals surface area (Å²) in [5.74, 6) is 0.272. The number of rotatable bonds is 8. The van der Waals surface area contributed by atoms with Crippen molar-refractivity contribution in [3.8, 4) is 0 Å². The van der Waals surface area contributed by atoms with Crippen LogP contribution in [0.25, 0.3) is 0 Å². The van der Waals surface area contributed by atoms with Crippen molar-refractivity contribution in [3.05, 3.63) is 33.7 Å². The van der Waals surface area contributed by atoms with Gasteiger partial charge in [-0.25, -0.2) is 0 Å². The molecular formula is C15H22ClNO3. The van der Waals surface area contributed by atoms with Crippen LogP contribution in [-0.4, -0.2) is 23.5 Å². The van der Waals surface area contributed by atoms with Gasteiger partial charge in [-0.15, -0.1) is 0 Å². The molecule has 0 aromatic carbocycles. The first-order valence-corrected chi connectivity index (χ1v) is 7.25. The third-order valence-electron chi connectivity index (χ3n) is 3.20. The second kappa shape index (κ2) is 8.22. The molecule has 0 atom stereocenters. The van der Waals surface area contributed by atoms with Crippen LogP contribution >= 0.6 is 11.6 Å². The fourth-order valence-electron chi connectivity index (χ4n) is 2.16. The Bertz CT molecular complexity index is 508. The molecule has 0 bridgehead atoms. The van der Waals surface area contributed by atoms with Gasteiger partial charge in [0, 0.05) is 37.9 Å². The molecule has 0 aliphatic rings. The summed E-state index contributed by atoms with van der Waals surface area (Å²) in [4.78, 5) is 23.3. The monoisotopic (exact) mass is 299 g/mol. The minimum Gasteiger partial charge on any atom is -0.385 e. The highest BCUT2D eigenvalue weighted by Crippen LogP contribution is 2.14. The number of hydrogen-bond acceptors (Lipinski definition) is 3. The molecule has 20 heavy (non-hydrogen) atoms. The predicted octanol–water partition coefficient (Wildman–Crippen LogP) is 2.71. The van der Waals surface area contributed by atoms with Crippen LogP contribution < -0.4 is 5.56 Å². The third kappa shape index (κ3) is 4.76. The summed E-state index contributed by atoms with van der Waals surface area (Å²) in [6.07, 6.45) is 1.37. The first-order valence-electron chi connectivity index (χ1n) is 6.87. The van der Waals surface area contributed by atoms with Crippen LogP contribution in [0.3, 0.4) is 0 Å². The molecule has 1 rings (SSSR count). The quantitative estimate of drug-likeness (QED) is 0.548. The summed E-state index contributed by atoms with van der Waals surface area (Å²) in [5.41, 5.74) is 1.62. The van der Waals surface area contributed by atoms with E-state index < -0.39 is 5.24 Å². The zero-order chi connectivity index (χ0) is 15.1. The maximum atomic E-state index is 12.5. The lowest BCUT2D eigenvalue weighted by atomic mass is 10.1. The standard InChI is InChI=1S/C15H22ClNO3/c1-11(2)13-7-5-12(6-8-14(16)18)15(19)17(13)9-4-10-20-3/h5,7,11H,4,6,8-10H2,1-3H3. The summed E-state index contributed by atoms with van der Waals surface area (Å²) < 4.78 is 6.82. The number of pyridine rings is 1. The second-order valence-electron chi connectivity index (χ2n) is 5.10. The van der Waals surface area contributed by atoms with Crippen molar-refractivity contribution in [2.24, 2.45) is 0 Å². The third-order valence-corrected chi connectivity index (χ3v) is 3.39. The van der Waals surface area contributed by atoms with Gasteiger partial charge in [0.15, 0.2) is 0 Å². The summed E-state index contributed by atoms with van der Waals surface area (Å²) in [6.45, 7) is 5.37. The number of nitrogens with zero attached hydrogens (tertiary/aromatic N) is 1. The van der Waals surface area contributed by atoms with Gasteiger partial charge >= 0.3 is 0 Å². The van der Waals surface area contributed by atoms with Gasteiger partial charge in [-0.1, -0.05) is 19.9 Å². The molecule has 1 aromatic heterocycles. The Kier molecular flexibility index (Phi) is 6.96. The second-order valence-corrected chi connectivity index (χ2v) is 5.52. The van der Waals surface area contributed by atoms with E-state index in [1.54, 1.807) is 11.7 Å². The molecule has 0 amide bonds. The van der Waals surface area contributed by atoms with E-state index in [0.717, 1.165) is 12.1 Å². The summed E-state index contributed by atoms with van der Waals surface area (Å²) in [5, 5.41) is -0.414. The molecule has 0 N–H and O–H groups in total. The molecule has 0 spiro atoms. The number of carbonyl (C=O) groups is 1. The van der Waals surface area contributed by atoms with Gasteiger partial charge < -0.3 is 9.30 Å². The lowest BCUT2D eigenvalue weighted by molar-refractivity contribution is -0.111. The van der Waals surface area contributed by atoms with E-state index in [4.69, 9.17) is 16.3 Å². The van der Waals surface area contributed by atoms with Crippen molar-refractivity contribution in [3.63, 3.8) is 0 Å². The zero-order valence-electron chi connectivity index (χ0n) is 12.3. The molecule has 1 heterocycles. The molecule has 1 aromatic rings. The molecule has 112 valence electrons. The number of carbonyl (C=O) groups excluding carboxylic acids is 1. The van der Waals surface area contributed by atoms with Crippen molar-refractivity contribution >= 4 is 16.8 Å². The average molecular weight is 300 g/mol. The van der Waals surface area contributed by atoms with Gasteiger partial charge in [-0.3, -0.25) is 9.59 Å². The van der Waals surface area contributed by atoms with E-state index in [-0.39, 0.29) is 17.9 Å². The highest BCUT2D eigenvalue weighted by atomic mass is 35.5. The van der Waals surface area contributed by atoms with Crippen LogP contribution in [0, 0.1) is 0 Å². The van der Waals surface area contributed by atoms with Crippen LogP contribution in [0.4, 0.5) is 0 Å². The van der Waals surface area contributed by atoms with E-state index in [9.17, 15) is 9.59 Å². The van der Waals surface area contributed by atoms with Crippen molar-refractivity contribution in [1.29, 1.82) is 0 Å². The lowest BCUT2D eigenvalue weighted by Gasteiger charge is -2.17. The van der Waals surface area contributed by atoms with E-state index in [0.29, 0.717) is 25.1 Å². The minimum atomic E-state index is -0.414. The molecule has 0 aliphatic heterocycles. The Morgan fingerprint density at radius 1 is 1.40 bits per heavy atom. The molecule has 0 unspecified atom stereocenters. The van der Waals surface area contributed by atoms with Gasteiger partial charge in [-0.2, -0.15) is 0 Å². The van der Waals surface area contributed by atoms with Crippen LogP contribution in [0.15, 0.2) is 16.9 Å². The Morgan fingerprint density at radius 2 is 2.10 bits per heavy atom. The molecule has 5 heteroatoms. The molecule has 0 aliphatic carbocycles. The van der Waals surface area contributed by atoms with Crippen LogP contribution in [0.1, 0.15) is 43.9 Å². The topological polar surface area (TPSA) is 48.3 Å².